The molecule has 0 amide bonds. The van der Waals surface area contributed by atoms with Gasteiger partial charge in [0.2, 0.25) is 0 Å². The number of carboxylic acids is 1. The van der Waals surface area contributed by atoms with Gasteiger partial charge in [-0.2, -0.15) is 5.10 Å². The van der Waals surface area contributed by atoms with Crippen LogP contribution in [0.5, 0.6) is 0 Å². The number of aryl methyl sites for hydroxylation is 2. The molecule has 6 heteroatoms. The molecule has 0 fully saturated rings. The van der Waals surface area contributed by atoms with Crippen LogP contribution in [-0.2, 0) is 13.5 Å². The molecule has 0 aliphatic rings. The molecule has 6 nitrogen and oxygen atoms in total. The fraction of sp³-hybridized carbons (Fsp3) is 0.214. The molecule has 0 bridgehead atoms. The molecule has 0 spiro atoms. The Labute approximate surface area is 114 Å². The number of nitrogens with two attached hydrogens (primary N) is 1. The van der Waals surface area contributed by atoms with Crippen LogP contribution >= 0.6 is 0 Å². The Balaban J connectivity index is 2.52. The molecule has 0 atom stereocenters. The van der Waals surface area contributed by atoms with Crippen LogP contribution in [0.25, 0.3) is 21.8 Å². The number of aromatic carboxylic acids is 1. The first-order valence-corrected chi connectivity index (χ1v) is 6.30. The third kappa shape index (κ3) is 1.61. The lowest BCUT2D eigenvalue weighted by Crippen LogP contribution is -2.04. The molecule has 3 N–H and O–H groups in total. The van der Waals surface area contributed by atoms with E-state index >= 15 is 0 Å². The monoisotopic (exact) mass is 270 g/mol. The number of aromatic nitrogens is 3. The van der Waals surface area contributed by atoms with E-state index in [2.05, 4.69) is 10.1 Å². The van der Waals surface area contributed by atoms with Crippen LogP contribution in [0.4, 0.5) is 5.82 Å². The summed E-state index contributed by atoms with van der Waals surface area (Å²) in [5.74, 6) is -0.526. The number of fused-ring (bicyclic) bond motifs is 3. The van der Waals surface area contributed by atoms with Crippen molar-refractivity contribution in [1.29, 1.82) is 0 Å². The first-order chi connectivity index (χ1) is 9.52. The fourth-order valence-corrected chi connectivity index (χ4v) is 2.54. The minimum atomic E-state index is -0.934. The summed E-state index contributed by atoms with van der Waals surface area (Å²) in [6.45, 7) is 1.92. The molecule has 1 aromatic carbocycles. The lowest BCUT2D eigenvalue weighted by molar-refractivity contribution is 0.0696. The van der Waals surface area contributed by atoms with E-state index in [1.807, 2.05) is 6.92 Å². The zero-order valence-electron chi connectivity index (χ0n) is 11.2. The molecular formula is C14H14N4O2. The molecule has 3 rings (SSSR count). The van der Waals surface area contributed by atoms with Gasteiger partial charge in [0.15, 0.2) is 0 Å². The number of pyridine rings is 1. The second kappa shape index (κ2) is 4.19. The molecule has 20 heavy (non-hydrogen) atoms. The summed E-state index contributed by atoms with van der Waals surface area (Å²) in [4.78, 5) is 15.7. The van der Waals surface area contributed by atoms with Crippen LogP contribution in [0.3, 0.4) is 0 Å². The van der Waals surface area contributed by atoms with E-state index in [1.165, 1.54) is 0 Å². The Morgan fingerprint density at radius 1 is 1.40 bits per heavy atom. The van der Waals surface area contributed by atoms with Crippen molar-refractivity contribution in [1.82, 2.24) is 14.8 Å². The number of rotatable bonds is 2. The third-order valence-electron chi connectivity index (χ3n) is 3.54. The summed E-state index contributed by atoms with van der Waals surface area (Å²) in [5, 5.41) is 15.0. The minimum absolute atomic E-state index is 0.300. The summed E-state index contributed by atoms with van der Waals surface area (Å²) in [7, 11) is 1.80. The second-order valence-corrected chi connectivity index (χ2v) is 4.71. The Bertz CT molecular complexity index is 851. The lowest BCUT2D eigenvalue weighted by Gasteiger charge is -2.09. The van der Waals surface area contributed by atoms with Crippen molar-refractivity contribution >= 4 is 33.6 Å². The highest BCUT2D eigenvalue weighted by Gasteiger charge is 2.16. The normalized spacial score (nSPS) is 11.3. The van der Waals surface area contributed by atoms with Crippen LogP contribution in [0.2, 0.25) is 0 Å². The predicted octanol–water partition coefficient (Wildman–Crippen LogP) is 1.96. The SMILES string of the molecule is CCc1cc2nc(N)c3cnn(C)c3c2cc1C(=O)O. The highest BCUT2D eigenvalue weighted by atomic mass is 16.4. The molecule has 2 aromatic heterocycles. The molecule has 0 saturated heterocycles. The zero-order valence-corrected chi connectivity index (χ0v) is 11.2. The van der Waals surface area contributed by atoms with Crippen LogP contribution in [0, 0.1) is 0 Å². The molecule has 0 radical (unpaired) electrons. The summed E-state index contributed by atoms with van der Waals surface area (Å²) < 4.78 is 1.69. The minimum Gasteiger partial charge on any atom is -0.478 e. The van der Waals surface area contributed by atoms with Gasteiger partial charge in [0.25, 0.3) is 0 Å². The third-order valence-corrected chi connectivity index (χ3v) is 3.54. The maximum absolute atomic E-state index is 11.4. The number of anilines is 1. The topological polar surface area (TPSA) is 94.0 Å². The van der Waals surface area contributed by atoms with Gasteiger partial charge in [-0.15, -0.1) is 0 Å². The number of hydrogen-bond acceptors (Lipinski definition) is 4. The Kier molecular flexibility index (Phi) is 2.60. The number of nitrogens with zero attached hydrogens (tertiary/aromatic N) is 3. The van der Waals surface area contributed by atoms with Crippen molar-refractivity contribution in [2.24, 2.45) is 7.05 Å². The van der Waals surface area contributed by atoms with Gasteiger partial charge in [-0.25, -0.2) is 9.78 Å². The quantitative estimate of drug-likeness (QED) is 0.742. The highest BCUT2D eigenvalue weighted by molar-refractivity contribution is 6.09. The van der Waals surface area contributed by atoms with Crippen LogP contribution < -0.4 is 5.73 Å². The van der Waals surface area contributed by atoms with Crippen molar-refractivity contribution in [3.63, 3.8) is 0 Å². The largest absolute Gasteiger partial charge is 0.478 e. The Morgan fingerprint density at radius 2 is 2.15 bits per heavy atom. The number of benzene rings is 1. The average Bonchev–Trinajstić information content (AvgIpc) is 2.80. The van der Waals surface area contributed by atoms with Crippen LogP contribution in [0.1, 0.15) is 22.8 Å². The first kappa shape index (κ1) is 12.4. The standard InChI is InChI=1S/C14H14N4O2/c1-3-7-4-11-9(5-8(7)14(19)20)12-10(13(15)17-11)6-16-18(12)2/h4-6H,3H2,1-2H3,(H2,15,17)(H,19,20). The summed E-state index contributed by atoms with van der Waals surface area (Å²) >= 11 is 0. The lowest BCUT2D eigenvalue weighted by atomic mass is 10.0. The molecule has 102 valence electrons. The maximum atomic E-state index is 11.4. The van der Waals surface area contributed by atoms with E-state index in [9.17, 15) is 9.90 Å². The summed E-state index contributed by atoms with van der Waals surface area (Å²) in [6, 6.07) is 3.45. The fourth-order valence-electron chi connectivity index (χ4n) is 2.54. The van der Waals surface area contributed by atoms with Gasteiger partial charge in [-0.05, 0) is 24.1 Å². The number of hydrogen-bond donors (Lipinski definition) is 2. The molecule has 0 unspecified atom stereocenters. The van der Waals surface area contributed by atoms with Gasteiger partial charge in [0.05, 0.1) is 28.2 Å². The molecule has 2 heterocycles. The van der Waals surface area contributed by atoms with E-state index in [0.717, 1.165) is 21.9 Å². The van der Waals surface area contributed by atoms with Gasteiger partial charge in [-0.1, -0.05) is 6.92 Å². The smallest absolute Gasteiger partial charge is 0.335 e. The van der Waals surface area contributed by atoms with E-state index in [4.69, 9.17) is 5.73 Å². The van der Waals surface area contributed by atoms with Gasteiger partial charge in [-0.3, -0.25) is 4.68 Å². The van der Waals surface area contributed by atoms with Crippen molar-refractivity contribution < 1.29 is 9.90 Å². The van der Waals surface area contributed by atoms with Crippen molar-refractivity contribution in [3.05, 3.63) is 29.5 Å². The molecule has 3 aromatic rings. The van der Waals surface area contributed by atoms with Crippen LogP contribution in [0.15, 0.2) is 18.3 Å². The summed E-state index contributed by atoms with van der Waals surface area (Å²) in [5.41, 5.74) is 8.49. The number of carboxylic acid groups (broad SMARTS) is 1. The summed E-state index contributed by atoms with van der Waals surface area (Å²) in [6.07, 6.45) is 2.27. The molecule has 0 aliphatic heterocycles. The second-order valence-electron chi connectivity index (χ2n) is 4.71. The van der Waals surface area contributed by atoms with Crippen LogP contribution in [-0.4, -0.2) is 25.8 Å². The average molecular weight is 270 g/mol. The molecule has 0 aliphatic carbocycles. The zero-order chi connectivity index (χ0) is 14.4. The van der Waals surface area contributed by atoms with Crippen molar-refractivity contribution in [2.45, 2.75) is 13.3 Å². The Hall–Kier alpha value is -2.63. The van der Waals surface area contributed by atoms with Gasteiger partial charge >= 0.3 is 5.97 Å². The molecular weight excluding hydrogens is 256 g/mol. The first-order valence-electron chi connectivity index (χ1n) is 6.30. The van der Waals surface area contributed by atoms with Gasteiger partial charge in [0.1, 0.15) is 5.82 Å². The van der Waals surface area contributed by atoms with E-state index in [-0.39, 0.29) is 0 Å². The van der Waals surface area contributed by atoms with Crippen molar-refractivity contribution in [3.8, 4) is 0 Å². The number of nitrogen functional groups attached to an aromatic ring is 1. The van der Waals surface area contributed by atoms with Gasteiger partial charge < -0.3 is 10.8 Å². The van der Waals surface area contributed by atoms with E-state index < -0.39 is 5.97 Å². The maximum Gasteiger partial charge on any atom is 0.335 e. The Morgan fingerprint density at radius 3 is 2.80 bits per heavy atom. The predicted molar refractivity (Wildman–Crippen MR) is 76.8 cm³/mol. The van der Waals surface area contributed by atoms with Crippen molar-refractivity contribution in [2.75, 3.05) is 5.73 Å². The van der Waals surface area contributed by atoms with Gasteiger partial charge in [0, 0.05) is 12.4 Å². The van der Waals surface area contributed by atoms with E-state index in [1.54, 1.807) is 30.1 Å². The number of carbonyl (C=O) groups is 1. The highest BCUT2D eigenvalue weighted by Crippen LogP contribution is 2.29. The van der Waals surface area contributed by atoms with E-state index in [0.29, 0.717) is 23.3 Å². The molecule has 0 saturated carbocycles.